The molecule has 8 nitrogen and oxygen atoms in total. The number of para-hydroxylation sites is 1. The molecule has 33 heavy (non-hydrogen) atoms. The minimum absolute atomic E-state index is 0.330. The van der Waals surface area contributed by atoms with Crippen molar-refractivity contribution in [3.05, 3.63) is 83.6 Å². The molecule has 0 radical (unpaired) electrons. The first-order valence-electron chi connectivity index (χ1n) is 10.8. The standard InChI is InChI=1S/C24H25BN6O2/c25-18-9-10-21(28-15-18)30-24(33)19-3-1-2-4-20(19)29-23(32)17-7-5-16(6-8-17)22(26)31-13-11-27-12-14-31/h1-10,15,26-27H,11-14,25H2,(H,29,32)(H,28,30,33). The van der Waals surface area contributed by atoms with E-state index in [1.165, 1.54) is 0 Å². The molecule has 1 aromatic heterocycles. The average molecular weight is 440 g/mol. The Hall–Kier alpha value is -3.98. The first kappa shape index (κ1) is 22.2. The third kappa shape index (κ3) is 5.45. The highest BCUT2D eigenvalue weighted by Crippen LogP contribution is 2.18. The number of nitrogens with one attached hydrogen (secondary N) is 4. The number of hydrogen-bond acceptors (Lipinski definition) is 5. The van der Waals surface area contributed by atoms with Crippen molar-refractivity contribution in [1.29, 1.82) is 5.41 Å². The normalized spacial score (nSPS) is 13.3. The van der Waals surface area contributed by atoms with E-state index in [2.05, 4.69) is 20.9 Å². The van der Waals surface area contributed by atoms with Crippen molar-refractivity contribution in [2.75, 3.05) is 36.8 Å². The Balaban J connectivity index is 1.44. The van der Waals surface area contributed by atoms with Gasteiger partial charge in [0.05, 0.1) is 11.3 Å². The number of carbonyl (C=O) groups excluding carboxylic acids is 2. The van der Waals surface area contributed by atoms with E-state index in [1.807, 2.05) is 18.8 Å². The number of carbonyl (C=O) groups is 2. The smallest absolute Gasteiger partial charge is 0.258 e. The summed E-state index contributed by atoms with van der Waals surface area (Å²) in [6.45, 7) is 3.29. The number of rotatable bonds is 5. The summed E-state index contributed by atoms with van der Waals surface area (Å²) in [7, 11) is 1.92. The second-order valence-corrected chi connectivity index (χ2v) is 7.84. The van der Waals surface area contributed by atoms with Crippen molar-refractivity contribution in [2.24, 2.45) is 0 Å². The molecule has 0 unspecified atom stereocenters. The molecule has 0 bridgehead atoms. The molecule has 1 fully saturated rings. The predicted molar refractivity (Wildman–Crippen MR) is 132 cm³/mol. The quantitative estimate of drug-likeness (QED) is 0.270. The Morgan fingerprint density at radius 1 is 0.909 bits per heavy atom. The molecular weight excluding hydrogens is 415 g/mol. The van der Waals surface area contributed by atoms with E-state index < -0.39 is 0 Å². The van der Waals surface area contributed by atoms with Gasteiger partial charge in [0.1, 0.15) is 19.5 Å². The zero-order valence-electron chi connectivity index (χ0n) is 18.4. The Labute approximate surface area is 193 Å². The Morgan fingerprint density at radius 2 is 1.61 bits per heavy atom. The van der Waals surface area contributed by atoms with Crippen molar-refractivity contribution in [1.82, 2.24) is 15.2 Å². The van der Waals surface area contributed by atoms with Crippen molar-refractivity contribution in [3.63, 3.8) is 0 Å². The van der Waals surface area contributed by atoms with Crippen LogP contribution in [0.5, 0.6) is 0 Å². The van der Waals surface area contributed by atoms with Gasteiger partial charge in [-0.25, -0.2) is 4.98 Å². The van der Waals surface area contributed by atoms with Crippen LogP contribution in [0.4, 0.5) is 11.5 Å². The number of nitrogens with zero attached hydrogens (tertiary/aromatic N) is 2. The predicted octanol–water partition coefficient (Wildman–Crippen LogP) is 1.08. The van der Waals surface area contributed by atoms with Gasteiger partial charge in [0.2, 0.25) is 0 Å². The lowest BCUT2D eigenvalue weighted by Gasteiger charge is -2.29. The Morgan fingerprint density at radius 3 is 2.30 bits per heavy atom. The van der Waals surface area contributed by atoms with E-state index in [1.54, 1.807) is 60.8 Å². The molecule has 0 aliphatic carbocycles. The fraction of sp³-hybridized carbons (Fsp3) is 0.167. The molecule has 1 saturated heterocycles. The number of amidine groups is 1. The van der Waals surface area contributed by atoms with Crippen LogP contribution in [-0.2, 0) is 0 Å². The van der Waals surface area contributed by atoms with Crippen molar-refractivity contribution >= 4 is 42.5 Å². The molecule has 9 heteroatoms. The fourth-order valence-corrected chi connectivity index (χ4v) is 3.56. The highest BCUT2D eigenvalue weighted by molar-refractivity contribution is 6.32. The van der Waals surface area contributed by atoms with E-state index in [9.17, 15) is 9.59 Å². The maximum absolute atomic E-state index is 12.8. The molecule has 1 aliphatic rings. The van der Waals surface area contributed by atoms with Crippen LogP contribution in [0.2, 0.25) is 0 Å². The molecule has 2 amide bonds. The van der Waals surface area contributed by atoms with Gasteiger partial charge in [-0.15, -0.1) is 0 Å². The monoisotopic (exact) mass is 440 g/mol. The summed E-state index contributed by atoms with van der Waals surface area (Å²) in [5, 5.41) is 17.3. The molecule has 2 heterocycles. The summed E-state index contributed by atoms with van der Waals surface area (Å²) in [5.41, 5.74) is 2.95. The minimum atomic E-state index is -0.359. The summed E-state index contributed by atoms with van der Waals surface area (Å²) in [4.78, 5) is 31.8. The number of hydrogen-bond donors (Lipinski definition) is 4. The molecule has 4 N–H and O–H groups in total. The van der Waals surface area contributed by atoms with Crippen LogP contribution in [0.15, 0.2) is 66.9 Å². The number of amides is 2. The van der Waals surface area contributed by atoms with Gasteiger partial charge in [-0.05, 0) is 30.3 Å². The van der Waals surface area contributed by atoms with Crippen LogP contribution in [0.3, 0.4) is 0 Å². The average Bonchev–Trinajstić information content (AvgIpc) is 2.86. The van der Waals surface area contributed by atoms with Crippen LogP contribution in [0.1, 0.15) is 26.3 Å². The van der Waals surface area contributed by atoms with Crippen LogP contribution in [0, 0.1) is 5.41 Å². The van der Waals surface area contributed by atoms with E-state index in [0.717, 1.165) is 37.2 Å². The third-order valence-electron chi connectivity index (χ3n) is 5.43. The number of benzene rings is 2. The summed E-state index contributed by atoms with van der Waals surface area (Å²) >= 11 is 0. The molecule has 166 valence electrons. The van der Waals surface area contributed by atoms with Crippen molar-refractivity contribution in [3.8, 4) is 0 Å². The molecule has 0 atom stereocenters. The molecule has 2 aromatic carbocycles. The summed E-state index contributed by atoms with van der Waals surface area (Å²) in [6, 6.07) is 17.4. The van der Waals surface area contributed by atoms with Crippen LogP contribution < -0.4 is 21.4 Å². The molecule has 3 aromatic rings. The highest BCUT2D eigenvalue weighted by atomic mass is 16.2. The van der Waals surface area contributed by atoms with E-state index in [4.69, 9.17) is 5.41 Å². The third-order valence-corrected chi connectivity index (χ3v) is 5.43. The summed E-state index contributed by atoms with van der Waals surface area (Å²) in [6.07, 6.45) is 1.68. The van der Waals surface area contributed by atoms with Gasteiger partial charge in [-0.2, -0.15) is 0 Å². The van der Waals surface area contributed by atoms with Gasteiger partial charge in [-0.3, -0.25) is 15.0 Å². The number of pyridine rings is 1. The van der Waals surface area contributed by atoms with Gasteiger partial charge in [-0.1, -0.05) is 35.8 Å². The SMILES string of the molecule is Bc1ccc(NC(=O)c2ccccc2NC(=O)c2ccc(C(=N)N3CCNCC3)cc2)nc1. The molecule has 4 rings (SSSR count). The van der Waals surface area contributed by atoms with Crippen LogP contribution in [-0.4, -0.2) is 61.6 Å². The molecule has 0 saturated carbocycles. The lowest BCUT2D eigenvalue weighted by atomic mass is 9.99. The number of aromatic nitrogens is 1. The second kappa shape index (κ2) is 10.1. The van der Waals surface area contributed by atoms with E-state index >= 15 is 0 Å². The van der Waals surface area contributed by atoms with Gasteiger partial charge < -0.3 is 20.9 Å². The minimum Gasteiger partial charge on any atom is -0.354 e. The molecular formula is C24H25BN6O2. The molecule has 1 aliphatic heterocycles. The van der Waals surface area contributed by atoms with Gasteiger partial charge in [0, 0.05) is 43.5 Å². The Bertz CT molecular complexity index is 1160. The number of piperazine rings is 1. The maximum atomic E-state index is 12.8. The summed E-state index contributed by atoms with van der Waals surface area (Å²) in [5.74, 6) is 0.204. The fourth-order valence-electron chi connectivity index (χ4n) is 3.56. The topological polar surface area (TPSA) is 110 Å². The first-order valence-corrected chi connectivity index (χ1v) is 10.8. The lowest BCUT2D eigenvalue weighted by molar-refractivity contribution is 0.102. The zero-order valence-corrected chi connectivity index (χ0v) is 18.4. The largest absolute Gasteiger partial charge is 0.354 e. The van der Waals surface area contributed by atoms with Crippen LogP contribution in [0.25, 0.3) is 0 Å². The summed E-state index contributed by atoms with van der Waals surface area (Å²) < 4.78 is 0. The Kier molecular flexibility index (Phi) is 6.80. The van der Waals surface area contributed by atoms with Crippen molar-refractivity contribution < 1.29 is 9.59 Å². The van der Waals surface area contributed by atoms with E-state index in [0.29, 0.717) is 28.5 Å². The van der Waals surface area contributed by atoms with Gasteiger partial charge in [0.25, 0.3) is 11.8 Å². The molecule has 0 spiro atoms. The zero-order chi connectivity index (χ0) is 23.2. The van der Waals surface area contributed by atoms with Crippen LogP contribution >= 0.6 is 0 Å². The van der Waals surface area contributed by atoms with Crippen molar-refractivity contribution in [2.45, 2.75) is 0 Å². The van der Waals surface area contributed by atoms with Gasteiger partial charge in [0.15, 0.2) is 0 Å². The second-order valence-electron chi connectivity index (χ2n) is 7.84. The lowest BCUT2D eigenvalue weighted by Crippen LogP contribution is -2.46. The highest BCUT2D eigenvalue weighted by Gasteiger charge is 2.17. The van der Waals surface area contributed by atoms with Gasteiger partial charge >= 0.3 is 0 Å². The maximum Gasteiger partial charge on any atom is 0.258 e. The van der Waals surface area contributed by atoms with E-state index in [-0.39, 0.29) is 11.8 Å². The first-order chi connectivity index (χ1) is 16.0. The number of anilines is 2.